The van der Waals surface area contributed by atoms with Crippen molar-refractivity contribution in [2.75, 3.05) is 44.1 Å². The number of imidazole rings is 1. The Morgan fingerprint density at radius 2 is 1.88 bits per heavy atom. The monoisotopic (exact) mass is 476 g/mol. The number of hydrogen-bond acceptors (Lipinski definition) is 13. The van der Waals surface area contributed by atoms with E-state index in [0.29, 0.717) is 23.5 Å². The second-order valence-electron chi connectivity index (χ2n) is 5.67. The maximum atomic E-state index is 12.6. The molecule has 0 aliphatic heterocycles. The van der Waals surface area contributed by atoms with Gasteiger partial charge in [-0.25, -0.2) is 14.6 Å². The summed E-state index contributed by atoms with van der Waals surface area (Å²) in [5, 5.41) is 19.9. The van der Waals surface area contributed by atoms with E-state index in [-0.39, 0.29) is 19.1 Å². The van der Waals surface area contributed by atoms with E-state index in [1.54, 1.807) is 10.6 Å². The van der Waals surface area contributed by atoms with E-state index in [1.165, 1.54) is 6.33 Å². The average Bonchev–Trinajstić information content (AvgIpc) is 3.11. The van der Waals surface area contributed by atoms with Crippen LogP contribution >= 0.6 is 7.60 Å². The highest BCUT2D eigenvalue weighted by Gasteiger charge is 2.27. The SMILES string of the molecule is C=CCNc1nc(N)nc2c1ncn2CCOCP(=O)(OCOC(=O)O)OCOC(=O)O. The molecule has 0 aromatic carbocycles. The van der Waals surface area contributed by atoms with Crippen molar-refractivity contribution in [2.24, 2.45) is 0 Å². The number of aromatic nitrogens is 4. The fourth-order valence-electron chi connectivity index (χ4n) is 2.18. The Morgan fingerprint density at radius 3 is 2.47 bits per heavy atom. The van der Waals surface area contributed by atoms with Crippen LogP contribution in [0.25, 0.3) is 11.2 Å². The first-order valence-electron chi connectivity index (χ1n) is 8.74. The molecule has 0 aliphatic carbocycles. The van der Waals surface area contributed by atoms with Crippen molar-refractivity contribution in [3.63, 3.8) is 0 Å². The highest BCUT2D eigenvalue weighted by molar-refractivity contribution is 7.53. The number of nitrogens with zero attached hydrogens (tertiary/aromatic N) is 4. The number of fused-ring (bicyclic) bond motifs is 1. The molecule has 0 atom stereocenters. The first-order chi connectivity index (χ1) is 15.2. The molecule has 2 aromatic rings. The molecule has 2 rings (SSSR count). The van der Waals surface area contributed by atoms with Gasteiger partial charge in [0.1, 0.15) is 6.35 Å². The summed E-state index contributed by atoms with van der Waals surface area (Å²) >= 11 is 0. The lowest BCUT2D eigenvalue weighted by atomic mass is 10.4. The van der Waals surface area contributed by atoms with E-state index in [2.05, 4.69) is 36.3 Å². The van der Waals surface area contributed by atoms with Crippen molar-refractivity contribution in [3.8, 4) is 0 Å². The summed E-state index contributed by atoms with van der Waals surface area (Å²) < 4.78 is 37.2. The Labute approximate surface area is 180 Å². The molecule has 176 valence electrons. The Balaban J connectivity index is 1.97. The van der Waals surface area contributed by atoms with Crippen LogP contribution in [0.4, 0.5) is 21.4 Å². The molecule has 32 heavy (non-hydrogen) atoms. The zero-order valence-electron chi connectivity index (χ0n) is 16.6. The molecule has 16 nitrogen and oxygen atoms in total. The largest absolute Gasteiger partial charge is 0.507 e. The molecule has 0 unspecified atom stereocenters. The zero-order chi connectivity index (χ0) is 23.6. The number of hydrogen-bond donors (Lipinski definition) is 4. The van der Waals surface area contributed by atoms with Crippen molar-refractivity contribution in [1.82, 2.24) is 19.5 Å². The summed E-state index contributed by atoms with van der Waals surface area (Å²) in [5.41, 5.74) is 6.63. The van der Waals surface area contributed by atoms with E-state index in [1.807, 2.05) is 0 Å². The molecule has 17 heteroatoms. The molecule has 0 bridgehead atoms. The van der Waals surface area contributed by atoms with Crippen LogP contribution in [-0.4, -0.2) is 75.1 Å². The Hall–Kier alpha value is -3.46. The first-order valence-corrected chi connectivity index (χ1v) is 10.5. The first kappa shape index (κ1) is 24.8. The summed E-state index contributed by atoms with van der Waals surface area (Å²) in [5.74, 6) is 0.449. The van der Waals surface area contributed by atoms with Gasteiger partial charge >= 0.3 is 19.9 Å². The maximum Gasteiger partial charge on any atom is 0.507 e. The predicted molar refractivity (Wildman–Crippen MR) is 107 cm³/mol. The third kappa shape index (κ3) is 7.66. The van der Waals surface area contributed by atoms with Crippen molar-refractivity contribution >= 4 is 42.8 Å². The number of rotatable bonds is 14. The van der Waals surface area contributed by atoms with Gasteiger partial charge < -0.3 is 40.0 Å². The highest BCUT2D eigenvalue weighted by Crippen LogP contribution is 2.48. The van der Waals surface area contributed by atoms with Gasteiger partial charge in [0.05, 0.1) is 12.9 Å². The summed E-state index contributed by atoms with van der Waals surface area (Å²) in [6.07, 6.45) is -0.867. The summed E-state index contributed by atoms with van der Waals surface area (Å²) in [6, 6.07) is 0. The Bertz CT molecular complexity index is 974. The van der Waals surface area contributed by atoms with Gasteiger partial charge in [-0.1, -0.05) is 6.08 Å². The predicted octanol–water partition coefficient (Wildman–Crippen LogP) is 1.51. The second kappa shape index (κ2) is 11.8. The smallest absolute Gasteiger partial charge is 0.450 e. The minimum Gasteiger partial charge on any atom is -0.450 e. The molecular formula is C15H21N6O10P. The summed E-state index contributed by atoms with van der Waals surface area (Å²) in [4.78, 5) is 33.2. The maximum absolute atomic E-state index is 12.6. The lowest BCUT2D eigenvalue weighted by Gasteiger charge is -2.17. The van der Waals surface area contributed by atoms with Crippen LogP contribution in [0.15, 0.2) is 19.0 Å². The summed E-state index contributed by atoms with van der Waals surface area (Å²) in [7, 11) is -4.10. The van der Waals surface area contributed by atoms with Gasteiger partial charge in [0.2, 0.25) is 19.5 Å². The van der Waals surface area contributed by atoms with Gasteiger partial charge in [-0.05, 0) is 0 Å². The number of carbonyl (C=O) groups is 2. The van der Waals surface area contributed by atoms with Crippen LogP contribution < -0.4 is 11.1 Å². The number of nitrogen functional groups attached to an aromatic ring is 1. The van der Waals surface area contributed by atoms with E-state index in [0.717, 1.165) is 0 Å². The number of anilines is 2. The fraction of sp³-hybridized carbons (Fsp3) is 0.400. The molecule has 0 fully saturated rings. The van der Waals surface area contributed by atoms with Crippen LogP contribution in [0.2, 0.25) is 0 Å². The van der Waals surface area contributed by atoms with E-state index in [4.69, 9.17) is 29.7 Å². The van der Waals surface area contributed by atoms with Crippen molar-refractivity contribution < 1.29 is 47.6 Å². The van der Waals surface area contributed by atoms with Gasteiger partial charge in [-0.3, -0.25) is 13.6 Å². The van der Waals surface area contributed by atoms with Crippen LogP contribution in [0.1, 0.15) is 0 Å². The minimum atomic E-state index is -4.10. The van der Waals surface area contributed by atoms with Crippen molar-refractivity contribution in [1.29, 1.82) is 0 Å². The van der Waals surface area contributed by atoms with Crippen molar-refractivity contribution in [3.05, 3.63) is 19.0 Å². The molecule has 0 saturated carbocycles. The normalized spacial score (nSPS) is 11.2. The average molecular weight is 476 g/mol. The fourth-order valence-corrected chi connectivity index (χ4v) is 3.18. The molecule has 0 radical (unpaired) electrons. The van der Waals surface area contributed by atoms with Gasteiger partial charge in [0.15, 0.2) is 17.0 Å². The number of ether oxygens (including phenoxy) is 3. The van der Waals surface area contributed by atoms with Gasteiger partial charge in [-0.2, -0.15) is 9.97 Å². The molecule has 2 heterocycles. The molecular weight excluding hydrogens is 455 g/mol. The van der Waals surface area contributed by atoms with E-state index in [9.17, 15) is 14.2 Å². The number of nitrogens with two attached hydrogens (primary N) is 1. The van der Waals surface area contributed by atoms with Crippen LogP contribution in [0.5, 0.6) is 0 Å². The topological polar surface area (TPSA) is 219 Å². The lowest BCUT2D eigenvalue weighted by molar-refractivity contribution is -0.0122. The number of carboxylic acid groups (broad SMARTS) is 2. The molecule has 2 aromatic heterocycles. The quantitative estimate of drug-likeness (QED) is 0.0997. The van der Waals surface area contributed by atoms with Crippen LogP contribution in [0, 0.1) is 0 Å². The van der Waals surface area contributed by atoms with Gasteiger partial charge in [-0.15, -0.1) is 6.58 Å². The molecule has 5 N–H and O–H groups in total. The van der Waals surface area contributed by atoms with E-state index >= 15 is 0 Å². The van der Waals surface area contributed by atoms with Gasteiger partial charge in [0.25, 0.3) is 0 Å². The van der Waals surface area contributed by atoms with Crippen LogP contribution in [-0.2, 0) is 34.4 Å². The zero-order valence-corrected chi connectivity index (χ0v) is 17.5. The third-order valence-electron chi connectivity index (χ3n) is 3.48. The molecule has 0 saturated heterocycles. The second-order valence-corrected chi connectivity index (χ2v) is 7.67. The Morgan fingerprint density at radius 1 is 1.22 bits per heavy atom. The molecule has 0 amide bonds. The third-order valence-corrected chi connectivity index (χ3v) is 4.98. The summed E-state index contributed by atoms with van der Waals surface area (Å²) in [6.45, 7) is 2.37. The number of nitrogens with one attached hydrogen (secondary N) is 1. The van der Waals surface area contributed by atoms with Crippen LogP contribution in [0.3, 0.4) is 0 Å². The standard InChI is InChI=1S/C15H21N6O10P/c1-2-3-17-11-10-12(20-13(16)19-11)21(6-18-10)4-5-27-9-32(26,30-7-28-14(22)23)31-8-29-15(24)25/h2,6H,1,3-5,7-9H2,(H,22,23)(H,24,25)(H3,16,17,19,20). The van der Waals surface area contributed by atoms with Crippen molar-refractivity contribution in [2.45, 2.75) is 6.54 Å². The molecule has 0 aliphatic rings. The minimum absolute atomic E-state index is 0.0230. The Kier molecular flexibility index (Phi) is 9.15. The van der Waals surface area contributed by atoms with Gasteiger partial charge in [0, 0.05) is 13.1 Å². The van der Waals surface area contributed by atoms with E-state index < -0.39 is 39.8 Å². The lowest BCUT2D eigenvalue weighted by Crippen LogP contribution is -2.13. The highest BCUT2D eigenvalue weighted by atomic mass is 31.2. The molecule has 0 spiro atoms.